The van der Waals surface area contributed by atoms with Crippen molar-refractivity contribution in [3.63, 3.8) is 0 Å². The summed E-state index contributed by atoms with van der Waals surface area (Å²) in [4.78, 5) is 14.3. The summed E-state index contributed by atoms with van der Waals surface area (Å²) in [6.45, 7) is 3.40. The minimum Gasteiger partial charge on any atom is -0.398 e. The molecule has 1 amide bonds. The molecule has 1 heterocycles. The number of nitrogens with zero attached hydrogens (tertiary/aromatic N) is 1. The molecule has 1 saturated heterocycles. The Kier molecular flexibility index (Phi) is 3.87. The Balaban J connectivity index is 2.13. The molecule has 98 valence electrons. The van der Waals surface area contributed by atoms with E-state index in [0.717, 1.165) is 31.5 Å². The van der Waals surface area contributed by atoms with Crippen molar-refractivity contribution in [3.05, 3.63) is 29.3 Å². The number of benzene rings is 1. The topological polar surface area (TPSA) is 55.6 Å². The number of carbonyl (C=O) groups is 1. The standard InChI is InChI=1S/C14H20N2O2/c1-10-4-3-5-12(15)13(10)14(17)16-8-6-11(18-2)7-9-16/h3-5,11H,6-9,15H2,1-2H3. The lowest BCUT2D eigenvalue weighted by Gasteiger charge is -2.31. The number of rotatable bonds is 2. The van der Waals surface area contributed by atoms with Crippen molar-refractivity contribution in [2.45, 2.75) is 25.9 Å². The van der Waals surface area contributed by atoms with Gasteiger partial charge in [-0.2, -0.15) is 0 Å². The van der Waals surface area contributed by atoms with Gasteiger partial charge in [-0.15, -0.1) is 0 Å². The molecule has 1 aliphatic heterocycles. The van der Waals surface area contributed by atoms with Gasteiger partial charge in [0.05, 0.1) is 11.7 Å². The number of ether oxygens (including phenoxy) is 1. The molecule has 1 fully saturated rings. The lowest BCUT2D eigenvalue weighted by molar-refractivity contribution is 0.0351. The quantitative estimate of drug-likeness (QED) is 0.812. The fourth-order valence-corrected chi connectivity index (χ4v) is 2.44. The number of piperidine rings is 1. The fourth-order valence-electron chi connectivity index (χ4n) is 2.44. The van der Waals surface area contributed by atoms with Crippen molar-refractivity contribution >= 4 is 11.6 Å². The molecule has 4 heteroatoms. The minimum atomic E-state index is 0.0418. The van der Waals surface area contributed by atoms with Gasteiger partial charge in [0.2, 0.25) is 0 Å². The second-order valence-electron chi connectivity index (χ2n) is 4.77. The monoisotopic (exact) mass is 248 g/mol. The SMILES string of the molecule is COC1CCN(C(=O)c2c(C)cccc2N)CC1. The highest BCUT2D eigenvalue weighted by Gasteiger charge is 2.25. The Morgan fingerprint density at radius 1 is 1.39 bits per heavy atom. The molecule has 18 heavy (non-hydrogen) atoms. The number of nitrogen functional groups attached to an aromatic ring is 1. The molecule has 0 bridgehead atoms. The zero-order valence-electron chi connectivity index (χ0n) is 11.0. The Bertz CT molecular complexity index is 417. The van der Waals surface area contributed by atoms with Gasteiger partial charge in [-0.05, 0) is 31.4 Å². The summed E-state index contributed by atoms with van der Waals surface area (Å²) >= 11 is 0. The van der Waals surface area contributed by atoms with Crippen LogP contribution in [0.3, 0.4) is 0 Å². The van der Waals surface area contributed by atoms with E-state index in [1.54, 1.807) is 13.2 Å². The molecule has 0 spiro atoms. The lowest BCUT2D eigenvalue weighted by Crippen LogP contribution is -2.41. The van der Waals surface area contributed by atoms with Gasteiger partial charge in [0.15, 0.2) is 0 Å². The van der Waals surface area contributed by atoms with E-state index in [-0.39, 0.29) is 12.0 Å². The number of hydrogen-bond acceptors (Lipinski definition) is 3. The van der Waals surface area contributed by atoms with Crippen LogP contribution >= 0.6 is 0 Å². The molecule has 1 aromatic carbocycles. The number of likely N-dealkylation sites (tertiary alicyclic amines) is 1. The van der Waals surface area contributed by atoms with Crippen molar-refractivity contribution in [3.8, 4) is 0 Å². The molecule has 0 aromatic heterocycles. The Hall–Kier alpha value is -1.55. The first-order valence-corrected chi connectivity index (χ1v) is 6.30. The van der Waals surface area contributed by atoms with Crippen LogP contribution in [-0.4, -0.2) is 37.1 Å². The van der Waals surface area contributed by atoms with Crippen LogP contribution in [0.25, 0.3) is 0 Å². The molecule has 0 atom stereocenters. The third-order valence-corrected chi connectivity index (χ3v) is 3.58. The van der Waals surface area contributed by atoms with Crippen LogP contribution in [0.5, 0.6) is 0 Å². The van der Waals surface area contributed by atoms with Gasteiger partial charge < -0.3 is 15.4 Å². The highest BCUT2D eigenvalue weighted by atomic mass is 16.5. The van der Waals surface area contributed by atoms with Gasteiger partial charge in [-0.3, -0.25) is 4.79 Å². The van der Waals surface area contributed by atoms with E-state index in [2.05, 4.69) is 0 Å². The predicted molar refractivity (Wildman–Crippen MR) is 71.5 cm³/mol. The Labute approximate surface area is 108 Å². The third-order valence-electron chi connectivity index (χ3n) is 3.58. The van der Waals surface area contributed by atoms with Gasteiger partial charge >= 0.3 is 0 Å². The predicted octanol–water partition coefficient (Wildman–Crippen LogP) is 1.83. The maximum Gasteiger partial charge on any atom is 0.256 e. The summed E-state index contributed by atoms with van der Waals surface area (Å²) < 4.78 is 5.31. The number of anilines is 1. The zero-order chi connectivity index (χ0) is 13.1. The van der Waals surface area contributed by atoms with Gasteiger partial charge in [0.25, 0.3) is 5.91 Å². The molecule has 4 nitrogen and oxygen atoms in total. The van der Waals surface area contributed by atoms with Crippen molar-refractivity contribution in [2.24, 2.45) is 0 Å². The highest BCUT2D eigenvalue weighted by Crippen LogP contribution is 2.21. The maximum absolute atomic E-state index is 12.4. The van der Waals surface area contributed by atoms with Crippen LogP contribution in [0.15, 0.2) is 18.2 Å². The average molecular weight is 248 g/mol. The molecule has 0 radical (unpaired) electrons. The van der Waals surface area contributed by atoms with Crippen LogP contribution in [0.4, 0.5) is 5.69 Å². The van der Waals surface area contributed by atoms with Crippen LogP contribution in [0.1, 0.15) is 28.8 Å². The van der Waals surface area contributed by atoms with E-state index < -0.39 is 0 Å². The van der Waals surface area contributed by atoms with Crippen molar-refractivity contribution in [2.75, 3.05) is 25.9 Å². The second kappa shape index (κ2) is 5.40. The van der Waals surface area contributed by atoms with Gasteiger partial charge in [0.1, 0.15) is 0 Å². The summed E-state index contributed by atoms with van der Waals surface area (Å²) in [6.07, 6.45) is 2.07. The smallest absolute Gasteiger partial charge is 0.256 e. The molecular weight excluding hydrogens is 228 g/mol. The van der Waals surface area contributed by atoms with Crippen LogP contribution in [0, 0.1) is 6.92 Å². The normalized spacial score (nSPS) is 16.9. The molecule has 1 aliphatic rings. The number of aryl methyl sites for hydroxylation is 1. The third kappa shape index (κ3) is 2.48. The van der Waals surface area contributed by atoms with Crippen LogP contribution in [-0.2, 0) is 4.74 Å². The zero-order valence-corrected chi connectivity index (χ0v) is 11.0. The maximum atomic E-state index is 12.4. The number of methoxy groups -OCH3 is 1. The van der Waals surface area contributed by atoms with E-state index in [4.69, 9.17) is 10.5 Å². The van der Waals surface area contributed by atoms with E-state index in [0.29, 0.717) is 11.3 Å². The van der Waals surface area contributed by atoms with E-state index in [9.17, 15) is 4.79 Å². The first-order valence-electron chi connectivity index (χ1n) is 6.30. The molecule has 0 saturated carbocycles. The second-order valence-corrected chi connectivity index (χ2v) is 4.77. The van der Waals surface area contributed by atoms with Gasteiger partial charge in [0, 0.05) is 25.9 Å². The summed E-state index contributed by atoms with van der Waals surface area (Å²) in [5.41, 5.74) is 8.06. The average Bonchev–Trinajstić information content (AvgIpc) is 2.38. The molecule has 2 rings (SSSR count). The summed E-state index contributed by atoms with van der Waals surface area (Å²) in [7, 11) is 1.72. The largest absolute Gasteiger partial charge is 0.398 e. The molecule has 1 aromatic rings. The van der Waals surface area contributed by atoms with Gasteiger partial charge in [-0.1, -0.05) is 12.1 Å². The molecule has 0 aliphatic carbocycles. The first-order chi connectivity index (χ1) is 8.63. The van der Waals surface area contributed by atoms with Gasteiger partial charge in [-0.25, -0.2) is 0 Å². The number of nitrogens with two attached hydrogens (primary N) is 1. The number of hydrogen-bond donors (Lipinski definition) is 1. The molecular formula is C14H20N2O2. The summed E-state index contributed by atoms with van der Waals surface area (Å²) in [5, 5.41) is 0. The van der Waals surface area contributed by atoms with Crippen molar-refractivity contribution in [1.29, 1.82) is 0 Å². The minimum absolute atomic E-state index is 0.0418. The number of amides is 1. The van der Waals surface area contributed by atoms with E-state index in [1.807, 2.05) is 24.0 Å². The Morgan fingerprint density at radius 3 is 2.61 bits per heavy atom. The van der Waals surface area contributed by atoms with E-state index >= 15 is 0 Å². The number of carbonyl (C=O) groups excluding carboxylic acids is 1. The van der Waals surface area contributed by atoms with Crippen LogP contribution < -0.4 is 5.73 Å². The first kappa shape index (κ1) is 12.9. The lowest BCUT2D eigenvalue weighted by atomic mass is 10.0. The molecule has 0 unspecified atom stereocenters. The highest BCUT2D eigenvalue weighted by molar-refractivity contribution is 6.00. The van der Waals surface area contributed by atoms with Crippen molar-refractivity contribution in [1.82, 2.24) is 4.90 Å². The summed E-state index contributed by atoms with van der Waals surface area (Å²) in [5.74, 6) is 0.0418. The molecule has 2 N–H and O–H groups in total. The Morgan fingerprint density at radius 2 is 2.06 bits per heavy atom. The van der Waals surface area contributed by atoms with E-state index in [1.165, 1.54) is 0 Å². The van der Waals surface area contributed by atoms with Crippen molar-refractivity contribution < 1.29 is 9.53 Å². The fraction of sp³-hybridized carbons (Fsp3) is 0.500. The summed E-state index contributed by atoms with van der Waals surface area (Å²) in [6, 6.07) is 5.58. The van der Waals surface area contributed by atoms with Crippen LogP contribution in [0.2, 0.25) is 0 Å².